The van der Waals surface area contributed by atoms with Gasteiger partial charge >= 0.3 is 11.6 Å². The van der Waals surface area contributed by atoms with Crippen LogP contribution in [0.25, 0.3) is 0 Å². The number of aryl methyl sites for hydroxylation is 1. The fourth-order valence-corrected chi connectivity index (χ4v) is 3.80. The largest absolute Gasteiger partial charge is 0.493 e. The molecule has 1 aliphatic rings. The van der Waals surface area contributed by atoms with E-state index in [0.29, 0.717) is 22.6 Å². The molecule has 0 fully saturated rings. The quantitative estimate of drug-likeness (QED) is 0.540. The van der Waals surface area contributed by atoms with Crippen molar-refractivity contribution in [2.45, 2.75) is 25.6 Å². The lowest BCUT2D eigenvalue weighted by Crippen LogP contribution is -2.32. The van der Waals surface area contributed by atoms with Crippen molar-refractivity contribution in [3.63, 3.8) is 0 Å². The molecule has 3 aromatic rings. The third kappa shape index (κ3) is 3.79. The van der Waals surface area contributed by atoms with Gasteiger partial charge in [-0.3, -0.25) is 0 Å². The Morgan fingerprint density at radius 3 is 2.62 bits per heavy atom. The summed E-state index contributed by atoms with van der Waals surface area (Å²) in [6.07, 6.45) is -1.14. The summed E-state index contributed by atoms with van der Waals surface area (Å²) in [5.41, 5.74) is 0.340. The number of fused-ring (bicyclic) bond motifs is 1. The van der Waals surface area contributed by atoms with Crippen LogP contribution in [-0.4, -0.2) is 26.3 Å². The zero-order valence-corrected chi connectivity index (χ0v) is 17.7. The monoisotopic (exact) mass is 440 g/mol. The summed E-state index contributed by atoms with van der Waals surface area (Å²) in [6, 6.07) is 12.8. The summed E-state index contributed by atoms with van der Waals surface area (Å²) in [6.45, 7) is 1.52. The molecule has 1 aromatic heterocycles. The highest BCUT2D eigenvalue weighted by Gasteiger charge is 2.45. The maximum Gasteiger partial charge on any atom is 0.348 e. The van der Waals surface area contributed by atoms with E-state index in [1.165, 1.54) is 20.3 Å². The number of benzene rings is 2. The zero-order valence-electron chi connectivity index (χ0n) is 17.7. The number of hydrogen-bond donors (Lipinski definition) is 0. The Balaban J connectivity index is 1.84. The maximum atomic E-state index is 14.1. The lowest BCUT2D eigenvalue weighted by atomic mass is 9.88. The van der Waals surface area contributed by atoms with Gasteiger partial charge in [0.05, 0.1) is 25.7 Å². The molecule has 0 amide bonds. The van der Waals surface area contributed by atoms with Gasteiger partial charge in [-0.1, -0.05) is 30.3 Å². The fraction of sp³-hybridized carbons (Fsp3) is 0.250. The van der Waals surface area contributed by atoms with E-state index in [4.69, 9.17) is 23.4 Å². The van der Waals surface area contributed by atoms with Gasteiger partial charge in [0.25, 0.3) is 0 Å². The van der Waals surface area contributed by atoms with Gasteiger partial charge in [-0.15, -0.1) is 0 Å². The first-order valence-electron chi connectivity index (χ1n) is 9.86. The molecule has 0 saturated carbocycles. The molecule has 0 saturated heterocycles. The molecule has 2 heterocycles. The Labute approximate surface area is 183 Å². The van der Waals surface area contributed by atoms with Crippen molar-refractivity contribution in [3.8, 4) is 17.2 Å². The van der Waals surface area contributed by atoms with Gasteiger partial charge < -0.3 is 23.4 Å². The van der Waals surface area contributed by atoms with E-state index in [-0.39, 0.29) is 23.7 Å². The molecule has 0 spiro atoms. The highest BCUT2D eigenvalue weighted by Crippen LogP contribution is 2.46. The lowest BCUT2D eigenvalue weighted by molar-refractivity contribution is -0.148. The summed E-state index contributed by atoms with van der Waals surface area (Å²) in [7, 11) is 2.70. The van der Waals surface area contributed by atoms with Crippen molar-refractivity contribution in [1.82, 2.24) is 0 Å². The van der Waals surface area contributed by atoms with E-state index in [1.807, 2.05) is 0 Å². The summed E-state index contributed by atoms with van der Waals surface area (Å²) in [5, 5.41) is 0. The van der Waals surface area contributed by atoms with E-state index in [0.717, 1.165) is 0 Å². The van der Waals surface area contributed by atoms with Crippen molar-refractivity contribution in [1.29, 1.82) is 0 Å². The number of esters is 1. The van der Waals surface area contributed by atoms with Gasteiger partial charge in [0, 0.05) is 17.2 Å². The van der Waals surface area contributed by atoms with E-state index in [1.54, 1.807) is 49.4 Å². The molecule has 0 aliphatic carbocycles. The number of carbonyl (C=O) groups excluding carboxylic acids is 1. The number of methoxy groups -OCH3 is 2. The molecule has 8 heteroatoms. The number of para-hydroxylation sites is 1. The van der Waals surface area contributed by atoms with E-state index in [9.17, 15) is 14.0 Å². The molecule has 4 rings (SSSR count). The standard InChI is InChI=1S/C24H21FO7/c1-13-11-18-20(23(26)31-13)19(22(32-18)24(27)29-3)15-8-6-10-17(28-2)21(15)30-12-14-7-4-5-9-16(14)25/h4-11,19,22H,12H2,1-3H3/t19-,22-/m0/s1. The fourth-order valence-electron chi connectivity index (χ4n) is 3.80. The molecule has 0 radical (unpaired) electrons. The smallest absolute Gasteiger partial charge is 0.348 e. The molecule has 1 aliphatic heterocycles. The first-order valence-corrected chi connectivity index (χ1v) is 9.86. The normalized spacial score (nSPS) is 16.8. The van der Waals surface area contributed by atoms with Gasteiger partial charge in [0.1, 0.15) is 23.9 Å². The lowest BCUT2D eigenvalue weighted by Gasteiger charge is -2.21. The van der Waals surface area contributed by atoms with Crippen LogP contribution in [0.15, 0.2) is 57.7 Å². The van der Waals surface area contributed by atoms with Crippen LogP contribution in [0.3, 0.4) is 0 Å². The van der Waals surface area contributed by atoms with Crippen molar-refractivity contribution in [3.05, 3.63) is 87.2 Å². The summed E-state index contributed by atoms with van der Waals surface area (Å²) < 4.78 is 41.5. The molecule has 2 atom stereocenters. The molecule has 0 N–H and O–H groups in total. The Morgan fingerprint density at radius 2 is 1.91 bits per heavy atom. The van der Waals surface area contributed by atoms with Gasteiger partial charge in [0.2, 0.25) is 6.10 Å². The molecule has 0 bridgehead atoms. The van der Waals surface area contributed by atoms with Crippen LogP contribution in [-0.2, 0) is 16.1 Å². The first-order chi connectivity index (χ1) is 15.4. The molecule has 32 heavy (non-hydrogen) atoms. The molecule has 2 aromatic carbocycles. The number of halogens is 1. The highest BCUT2D eigenvalue weighted by atomic mass is 19.1. The average Bonchev–Trinajstić information content (AvgIpc) is 3.17. The Bertz CT molecular complexity index is 1220. The third-order valence-electron chi connectivity index (χ3n) is 5.27. The number of ether oxygens (including phenoxy) is 4. The minimum atomic E-state index is -1.14. The average molecular weight is 440 g/mol. The Kier molecular flexibility index (Phi) is 5.85. The van der Waals surface area contributed by atoms with Crippen LogP contribution >= 0.6 is 0 Å². The second-order valence-electron chi connectivity index (χ2n) is 7.22. The van der Waals surface area contributed by atoms with Crippen LogP contribution in [0.1, 0.15) is 28.4 Å². The zero-order chi connectivity index (χ0) is 22.8. The van der Waals surface area contributed by atoms with Crippen LogP contribution in [0, 0.1) is 12.7 Å². The van der Waals surface area contributed by atoms with Crippen LogP contribution in [0.5, 0.6) is 17.2 Å². The summed E-state index contributed by atoms with van der Waals surface area (Å²) >= 11 is 0. The van der Waals surface area contributed by atoms with Crippen molar-refractivity contribution >= 4 is 5.97 Å². The minimum Gasteiger partial charge on any atom is -0.493 e. The second-order valence-corrected chi connectivity index (χ2v) is 7.22. The third-order valence-corrected chi connectivity index (χ3v) is 5.27. The van der Waals surface area contributed by atoms with E-state index < -0.39 is 29.4 Å². The SMILES string of the molecule is COC(=O)[C@H]1Oc2cc(C)oc(=O)c2[C@@H]1c1cccc(OC)c1OCc1ccccc1F. The Morgan fingerprint density at radius 1 is 1.12 bits per heavy atom. The van der Waals surface area contributed by atoms with Gasteiger partial charge in [-0.2, -0.15) is 0 Å². The van der Waals surface area contributed by atoms with Gasteiger partial charge in [-0.05, 0) is 19.1 Å². The number of carbonyl (C=O) groups is 1. The van der Waals surface area contributed by atoms with Crippen LogP contribution in [0.4, 0.5) is 4.39 Å². The molecular weight excluding hydrogens is 419 g/mol. The molecule has 7 nitrogen and oxygen atoms in total. The molecular formula is C24H21FO7. The van der Waals surface area contributed by atoms with Crippen molar-refractivity contribution in [2.75, 3.05) is 14.2 Å². The van der Waals surface area contributed by atoms with Crippen molar-refractivity contribution in [2.24, 2.45) is 0 Å². The van der Waals surface area contributed by atoms with E-state index in [2.05, 4.69) is 0 Å². The maximum absolute atomic E-state index is 14.1. The predicted octanol–water partition coefficient (Wildman–Crippen LogP) is 3.74. The highest BCUT2D eigenvalue weighted by molar-refractivity contribution is 5.79. The van der Waals surface area contributed by atoms with Gasteiger partial charge in [-0.25, -0.2) is 14.0 Å². The van der Waals surface area contributed by atoms with E-state index >= 15 is 0 Å². The predicted molar refractivity (Wildman–Crippen MR) is 112 cm³/mol. The number of rotatable bonds is 6. The number of hydrogen-bond acceptors (Lipinski definition) is 7. The summed E-state index contributed by atoms with van der Waals surface area (Å²) in [4.78, 5) is 25.3. The van der Waals surface area contributed by atoms with Gasteiger partial charge in [0.15, 0.2) is 11.5 Å². The van der Waals surface area contributed by atoms with Crippen molar-refractivity contribution < 1.29 is 32.5 Å². The Hall–Kier alpha value is -3.81. The topological polar surface area (TPSA) is 84.2 Å². The second kappa shape index (κ2) is 8.74. The first kappa shape index (κ1) is 21.4. The molecule has 166 valence electrons. The van der Waals surface area contributed by atoms with Crippen LogP contribution in [0.2, 0.25) is 0 Å². The summed E-state index contributed by atoms with van der Waals surface area (Å²) in [5.74, 6) is -0.754. The van der Waals surface area contributed by atoms with Crippen LogP contribution < -0.4 is 19.8 Å². The minimum absolute atomic E-state index is 0.0914. The molecule has 0 unspecified atom stereocenters.